The van der Waals surface area contributed by atoms with Gasteiger partial charge in [0.15, 0.2) is 0 Å². The first-order valence-corrected chi connectivity index (χ1v) is 9.93. The fraction of sp³-hybridized carbons (Fsp3) is 0.136. The lowest BCUT2D eigenvalue weighted by atomic mass is 9.81. The van der Waals surface area contributed by atoms with Gasteiger partial charge in [0.1, 0.15) is 11.5 Å². The van der Waals surface area contributed by atoms with Gasteiger partial charge in [0, 0.05) is 9.26 Å². The molecule has 1 aliphatic rings. The van der Waals surface area contributed by atoms with E-state index in [1.165, 1.54) is 19.1 Å². The Kier molecular flexibility index (Phi) is 6.42. The van der Waals surface area contributed by atoms with Gasteiger partial charge in [0.05, 0.1) is 37.4 Å². The minimum atomic E-state index is -0.877. The molecule has 1 atom stereocenters. The van der Waals surface area contributed by atoms with Crippen molar-refractivity contribution >= 4 is 40.2 Å². The van der Waals surface area contributed by atoms with Crippen molar-refractivity contribution in [1.82, 2.24) is 0 Å². The molecule has 8 heteroatoms. The molecule has 1 aliphatic heterocycles. The summed E-state index contributed by atoms with van der Waals surface area (Å²) in [6.45, 7) is 0. The number of methoxy groups -OCH3 is 2. The Morgan fingerprint density at radius 1 is 1.03 bits per heavy atom. The van der Waals surface area contributed by atoms with Crippen LogP contribution in [-0.4, -0.2) is 26.2 Å². The summed E-state index contributed by atoms with van der Waals surface area (Å²) < 4.78 is 10.9. The van der Waals surface area contributed by atoms with Crippen LogP contribution >= 0.6 is 22.6 Å². The Morgan fingerprint density at radius 2 is 1.63 bits per heavy atom. The average Bonchev–Trinajstić information content (AvgIpc) is 2.78. The smallest absolute Gasteiger partial charge is 0.355 e. The average molecular weight is 515 g/mol. The number of carbonyl (C=O) groups excluding carboxylic acids is 2. The van der Waals surface area contributed by atoms with Crippen molar-refractivity contribution < 1.29 is 19.1 Å². The first kappa shape index (κ1) is 21.4. The quantitative estimate of drug-likeness (QED) is 0.493. The normalized spacial score (nSPS) is 16.2. The van der Waals surface area contributed by atoms with Gasteiger partial charge >= 0.3 is 11.9 Å². The van der Waals surface area contributed by atoms with Gasteiger partial charge in [-0.05, 0) is 52.4 Å². The van der Waals surface area contributed by atoms with Crippen LogP contribution in [0.4, 0.5) is 5.69 Å². The number of anilines is 1. The molecule has 0 bridgehead atoms. The monoisotopic (exact) mass is 515 g/mol. The second-order valence-corrected chi connectivity index (χ2v) is 7.56. The van der Waals surface area contributed by atoms with Gasteiger partial charge in [-0.2, -0.15) is 5.26 Å². The lowest BCUT2D eigenvalue weighted by Gasteiger charge is -2.35. The second kappa shape index (κ2) is 9.00. The molecule has 0 saturated carbocycles. The Labute approximate surface area is 187 Å². The van der Waals surface area contributed by atoms with Crippen molar-refractivity contribution in [2.75, 3.05) is 19.1 Å². The number of ether oxygens (including phenoxy) is 2. The molecule has 1 heterocycles. The molecule has 7 nitrogen and oxygen atoms in total. The topological polar surface area (TPSA) is 106 Å². The molecule has 1 unspecified atom stereocenters. The fourth-order valence-corrected chi connectivity index (χ4v) is 3.73. The molecule has 0 amide bonds. The fourth-order valence-electron chi connectivity index (χ4n) is 3.37. The van der Waals surface area contributed by atoms with E-state index in [-0.39, 0.29) is 22.7 Å². The molecule has 2 aromatic rings. The number of nitrogens with zero attached hydrogens (tertiary/aromatic N) is 2. The second-order valence-electron chi connectivity index (χ2n) is 6.31. The van der Waals surface area contributed by atoms with Crippen LogP contribution in [0.3, 0.4) is 0 Å². The zero-order valence-corrected chi connectivity index (χ0v) is 18.4. The number of benzene rings is 2. The van der Waals surface area contributed by atoms with Gasteiger partial charge < -0.3 is 15.2 Å². The first-order chi connectivity index (χ1) is 14.4. The van der Waals surface area contributed by atoms with Gasteiger partial charge in [-0.25, -0.2) is 9.59 Å². The highest BCUT2D eigenvalue weighted by Gasteiger charge is 2.42. The Balaban J connectivity index is 2.39. The maximum Gasteiger partial charge on any atom is 0.355 e. The van der Waals surface area contributed by atoms with Crippen LogP contribution in [-0.2, 0) is 19.1 Å². The zero-order chi connectivity index (χ0) is 21.8. The van der Waals surface area contributed by atoms with Crippen molar-refractivity contribution in [3.8, 4) is 6.07 Å². The molecule has 0 saturated heterocycles. The zero-order valence-electron chi connectivity index (χ0n) is 16.3. The summed E-state index contributed by atoms with van der Waals surface area (Å²) in [4.78, 5) is 27.1. The van der Waals surface area contributed by atoms with Gasteiger partial charge in [-0.15, -0.1) is 0 Å². The third-order valence-electron chi connectivity index (χ3n) is 4.70. The molecule has 0 radical (unpaired) electrons. The SMILES string of the molecule is COC(=O)C1=C(C(=O)OC)N(c2ccc(I)cc2)C(N)=C(C#N)C1c1ccccc1. The van der Waals surface area contributed by atoms with E-state index in [0.29, 0.717) is 11.3 Å². The van der Waals surface area contributed by atoms with E-state index in [1.807, 2.05) is 18.2 Å². The molecule has 2 N–H and O–H groups in total. The van der Waals surface area contributed by atoms with Gasteiger partial charge in [0.25, 0.3) is 0 Å². The van der Waals surface area contributed by atoms with Crippen LogP contribution < -0.4 is 10.6 Å². The third-order valence-corrected chi connectivity index (χ3v) is 5.41. The summed E-state index contributed by atoms with van der Waals surface area (Å²) in [6.07, 6.45) is 0. The van der Waals surface area contributed by atoms with Crippen LogP contribution in [0.1, 0.15) is 11.5 Å². The minimum Gasteiger partial charge on any atom is -0.466 e. The molecule has 3 rings (SSSR count). The molecule has 0 aliphatic carbocycles. The van der Waals surface area contributed by atoms with Crippen LogP contribution in [0.5, 0.6) is 0 Å². The summed E-state index contributed by atoms with van der Waals surface area (Å²) in [7, 11) is 2.43. The summed E-state index contributed by atoms with van der Waals surface area (Å²) in [5.74, 6) is -2.35. The predicted molar refractivity (Wildman–Crippen MR) is 119 cm³/mol. The molecule has 2 aromatic carbocycles. The minimum absolute atomic E-state index is 0.0140. The summed E-state index contributed by atoms with van der Waals surface area (Å²) >= 11 is 2.15. The number of allylic oxidation sites excluding steroid dienone is 1. The molecule has 0 fully saturated rings. The van der Waals surface area contributed by atoms with Crippen LogP contribution in [0, 0.1) is 14.9 Å². The summed E-state index contributed by atoms with van der Waals surface area (Å²) in [5, 5.41) is 9.95. The number of nitriles is 1. The molecule has 0 spiro atoms. The molecule has 30 heavy (non-hydrogen) atoms. The number of rotatable bonds is 4. The van der Waals surface area contributed by atoms with E-state index in [0.717, 1.165) is 3.57 Å². The van der Waals surface area contributed by atoms with Crippen molar-refractivity contribution in [3.63, 3.8) is 0 Å². The van der Waals surface area contributed by atoms with Crippen molar-refractivity contribution in [1.29, 1.82) is 5.26 Å². The predicted octanol–water partition coefficient (Wildman–Crippen LogP) is 3.19. The number of carbonyl (C=O) groups is 2. The number of hydrogen-bond donors (Lipinski definition) is 1. The van der Waals surface area contributed by atoms with Crippen LogP contribution in [0.25, 0.3) is 0 Å². The number of hydrogen-bond acceptors (Lipinski definition) is 7. The summed E-state index contributed by atoms with van der Waals surface area (Å²) in [5.41, 5.74) is 7.57. The molecular formula is C22H18IN3O4. The maximum absolute atomic E-state index is 12.9. The molecule has 0 aromatic heterocycles. The highest BCUT2D eigenvalue weighted by molar-refractivity contribution is 14.1. The van der Waals surface area contributed by atoms with Gasteiger partial charge in [-0.3, -0.25) is 4.90 Å². The lowest BCUT2D eigenvalue weighted by Crippen LogP contribution is -2.40. The van der Waals surface area contributed by atoms with Gasteiger partial charge in [-0.1, -0.05) is 30.3 Å². The number of esters is 2. The number of halogens is 1. The van der Waals surface area contributed by atoms with E-state index in [4.69, 9.17) is 15.2 Å². The first-order valence-electron chi connectivity index (χ1n) is 8.85. The van der Waals surface area contributed by atoms with E-state index in [2.05, 4.69) is 28.7 Å². The van der Waals surface area contributed by atoms with E-state index < -0.39 is 17.9 Å². The van der Waals surface area contributed by atoms with Crippen molar-refractivity contribution in [2.24, 2.45) is 5.73 Å². The molecule has 152 valence electrons. The van der Waals surface area contributed by atoms with E-state index in [1.54, 1.807) is 36.4 Å². The highest BCUT2D eigenvalue weighted by Crippen LogP contribution is 2.43. The van der Waals surface area contributed by atoms with Gasteiger partial charge in [0.2, 0.25) is 0 Å². The third kappa shape index (κ3) is 3.76. The summed E-state index contributed by atoms with van der Waals surface area (Å²) in [6, 6.07) is 18.1. The maximum atomic E-state index is 12.9. The highest BCUT2D eigenvalue weighted by atomic mass is 127. The Bertz CT molecular complexity index is 1090. The number of nitrogens with two attached hydrogens (primary N) is 1. The van der Waals surface area contributed by atoms with Crippen molar-refractivity contribution in [2.45, 2.75) is 5.92 Å². The standard InChI is InChI=1S/C22H18IN3O4/c1-29-21(27)18-17(13-6-4-3-5-7-13)16(12-24)20(25)26(19(18)22(28)30-2)15-10-8-14(23)9-11-15/h3-11,17H,25H2,1-2H3. The largest absolute Gasteiger partial charge is 0.466 e. The lowest BCUT2D eigenvalue weighted by molar-refractivity contribution is -0.139. The van der Waals surface area contributed by atoms with E-state index >= 15 is 0 Å². The van der Waals surface area contributed by atoms with Crippen molar-refractivity contribution in [3.05, 3.63) is 86.4 Å². The Morgan fingerprint density at radius 3 is 2.17 bits per heavy atom. The Hall–Kier alpha value is -3.32. The van der Waals surface area contributed by atoms with Crippen LogP contribution in [0.2, 0.25) is 0 Å². The molecular weight excluding hydrogens is 497 g/mol. The van der Waals surface area contributed by atoms with Crippen LogP contribution in [0.15, 0.2) is 77.3 Å². The van der Waals surface area contributed by atoms with E-state index in [9.17, 15) is 14.9 Å².